The van der Waals surface area contributed by atoms with Crippen LogP contribution in [0.1, 0.15) is 47.5 Å². The fraction of sp³-hybridized carbons (Fsp3) is 0.793. The van der Waals surface area contributed by atoms with E-state index in [1.54, 1.807) is 13.8 Å². The molecule has 236 valence electrons. The van der Waals surface area contributed by atoms with Gasteiger partial charge in [0.1, 0.15) is 0 Å². The Bertz CT molecular complexity index is 797. The molecular formula is C29H50N2O10. The SMILES string of the molecule is CC(C)[C@@H](C)CC(=O)C(C)(C)NC(=O)CCOCCOCCOCCOCCOCCOCCN1C(=O)C=CC1=O. The van der Waals surface area contributed by atoms with Crippen LogP contribution in [0.25, 0.3) is 0 Å². The zero-order chi connectivity index (χ0) is 30.5. The van der Waals surface area contributed by atoms with E-state index in [4.69, 9.17) is 28.4 Å². The second-order valence-electron chi connectivity index (χ2n) is 10.6. The number of hydrogen-bond donors (Lipinski definition) is 1. The van der Waals surface area contributed by atoms with Crippen LogP contribution in [-0.2, 0) is 47.6 Å². The number of amides is 3. The van der Waals surface area contributed by atoms with E-state index in [-0.39, 0.29) is 55.6 Å². The van der Waals surface area contributed by atoms with E-state index in [1.807, 2.05) is 6.92 Å². The summed E-state index contributed by atoms with van der Waals surface area (Å²) in [4.78, 5) is 48.6. The van der Waals surface area contributed by atoms with Crippen molar-refractivity contribution in [3.8, 4) is 0 Å². The first-order valence-electron chi connectivity index (χ1n) is 14.4. The van der Waals surface area contributed by atoms with Crippen molar-refractivity contribution in [3.05, 3.63) is 12.2 Å². The summed E-state index contributed by atoms with van der Waals surface area (Å²) >= 11 is 0. The number of nitrogens with one attached hydrogen (secondary N) is 1. The molecule has 0 radical (unpaired) electrons. The lowest BCUT2D eigenvalue weighted by Gasteiger charge is -2.27. The molecule has 1 aliphatic rings. The van der Waals surface area contributed by atoms with Gasteiger partial charge in [-0.15, -0.1) is 0 Å². The van der Waals surface area contributed by atoms with Crippen molar-refractivity contribution < 1.29 is 47.6 Å². The first kappa shape index (κ1) is 36.8. The van der Waals surface area contributed by atoms with Crippen LogP contribution in [-0.4, -0.2) is 120 Å². The molecule has 0 aromatic heterocycles. The fourth-order valence-electron chi connectivity index (χ4n) is 3.44. The Kier molecular flexibility index (Phi) is 19.3. The summed E-state index contributed by atoms with van der Waals surface area (Å²) in [5, 5.41) is 2.81. The molecule has 0 aromatic rings. The van der Waals surface area contributed by atoms with Crippen molar-refractivity contribution in [2.75, 3.05) is 85.8 Å². The number of ketones is 1. The van der Waals surface area contributed by atoms with Gasteiger partial charge in [0.2, 0.25) is 5.91 Å². The highest BCUT2D eigenvalue weighted by molar-refractivity contribution is 6.12. The molecule has 0 saturated heterocycles. The van der Waals surface area contributed by atoms with Gasteiger partial charge in [-0.3, -0.25) is 24.1 Å². The number of ether oxygens (including phenoxy) is 6. The summed E-state index contributed by atoms with van der Waals surface area (Å²) in [6.07, 6.45) is 3.12. The lowest BCUT2D eigenvalue weighted by Crippen LogP contribution is -2.50. The number of hydrogen-bond acceptors (Lipinski definition) is 10. The number of carbonyl (C=O) groups excluding carboxylic acids is 4. The van der Waals surface area contributed by atoms with E-state index in [0.29, 0.717) is 78.4 Å². The van der Waals surface area contributed by atoms with E-state index < -0.39 is 5.54 Å². The van der Waals surface area contributed by atoms with Gasteiger partial charge in [0.05, 0.1) is 91.4 Å². The molecule has 41 heavy (non-hydrogen) atoms. The smallest absolute Gasteiger partial charge is 0.253 e. The van der Waals surface area contributed by atoms with Crippen molar-refractivity contribution in [3.63, 3.8) is 0 Å². The molecule has 1 heterocycles. The van der Waals surface area contributed by atoms with Gasteiger partial charge in [0.25, 0.3) is 11.8 Å². The maximum Gasteiger partial charge on any atom is 0.253 e. The van der Waals surface area contributed by atoms with Gasteiger partial charge >= 0.3 is 0 Å². The number of rotatable bonds is 26. The van der Waals surface area contributed by atoms with Gasteiger partial charge in [0.15, 0.2) is 5.78 Å². The Morgan fingerprint density at radius 1 is 0.707 bits per heavy atom. The summed E-state index contributed by atoms with van der Waals surface area (Å²) < 4.78 is 32.5. The lowest BCUT2D eigenvalue weighted by molar-refractivity contribution is -0.137. The lowest BCUT2D eigenvalue weighted by atomic mass is 9.86. The Balaban J connectivity index is 1.82. The van der Waals surface area contributed by atoms with Gasteiger partial charge in [0, 0.05) is 25.0 Å². The second kappa shape index (κ2) is 21.5. The predicted molar refractivity (Wildman–Crippen MR) is 151 cm³/mol. The zero-order valence-electron chi connectivity index (χ0n) is 25.4. The van der Waals surface area contributed by atoms with Gasteiger partial charge < -0.3 is 33.7 Å². The Labute approximate surface area is 244 Å². The summed E-state index contributed by atoms with van der Waals surface area (Å²) in [5.41, 5.74) is -0.890. The minimum atomic E-state index is -0.890. The van der Waals surface area contributed by atoms with Crippen LogP contribution in [0.3, 0.4) is 0 Å². The molecule has 0 aliphatic carbocycles. The highest BCUT2D eigenvalue weighted by Gasteiger charge is 2.30. The maximum atomic E-state index is 12.5. The average Bonchev–Trinajstić information content (AvgIpc) is 3.23. The molecule has 12 heteroatoms. The van der Waals surface area contributed by atoms with Crippen LogP contribution in [0.2, 0.25) is 0 Å². The first-order chi connectivity index (χ1) is 19.5. The topological polar surface area (TPSA) is 139 Å². The largest absolute Gasteiger partial charge is 0.379 e. The van der Waals surface area contributed by atoms with Crippen molar-refractivity contribution in [2.45, 2.75) is 53.0 Å². The van der Waals surface area contributed by atoms with Crippen LogP contribution < -0.4 is 5.32 Å². The second-order valence-corrected chi connectivity index (χ2v) is 10.6. The normalized spacial score (nSPS) is 14.3. The van der Waals surface area contributed by atoms with E-state index in [2.05, 4.69) is 19.2 Å². The van der Waals surface area contributed by atoms with Gasteiger partial charge in [-0.25, -0.2) is 0 Å². The zero-order valence-corrected chi connectivity index (χ0v) is 25.4. The molecule has 0 bridgehead atoms. The molecule has 0 saturated carbocycles. The minimum Gasteiger partial charge on any atom is -0.379 e. The summed E-state index contributed by atoms with van der Waals surface area (Å²) in [6.45, 7) is 14.6. The third kappa shape index (κ3) is 17.4. The molecule has 1 N–H and O–H groups in total. The van der Waals surface area contributed by atoms with E-state index in [9.17, 15) is 19.2 Å². The molecule has 1 aliphatic heterocycles. The predicted octanol–water partition coefficient (Wildman–Crippen LogP) is 1.55. The molecule has 0 spiro atoms. The van der Waals surface area contributed by atoms with Crippen LogP contribution in [0.4, 0.5) is 0 Å². The third-order valence-corrected chi connectivity index (χ3v) is 6.49. The average molecular weight is 587 g/mol. The molecule has 3 amide bonds. The van der Waals surface area contributed by atoms with Crippen LogP contribution in [0.15, 0.2) is 12.2 Å². The van der Waals surface area contributed by atoms with Crippen molar-refractivity contribution in [1.29, 1.82) is 0 Å². The summed E-state index contributed by atoms with van der Waals surface area (Å²) in [6, 6.07) is 0. The van der Waals surface area contributed by atoms with Gasteiger partial charge in [-0.05, 0) is 25.7 Å². The van der Waals surface area contributed by atoms with Crippen LogP contribution >= 0.6 is 0 Å². The Morgan fingerprint density at radius 3 is 1.51 bits per heavy atom. The van der Waals surface area contributed by atoms with E-state index in [0.717, 1.165) is 4.90 Å². The van der Waals surface area contributed by atoms with E-state index in [1.165, 1.54) is 12.2 Å². The maximum absolute atomic E-state index is 12.5. The quantitative estimate of drug-likeness (QED) is 0.117. The summed E-state index contributed by atoms with van der Waals surface area (Å²) in [7, 11) is 0. The van der Waals surface area contributed by atoms with Crippen molar-refractivity contribution in [2.24, 2.45) is 11.8 Å². The molecule has 1 atom stereocenters. The minimum absolute atomic E-state index is 0.0334. The van der Waals surface area contributed by atoms with Gasteiger partial charge in [-0.1, -0.05) is 20.8 Å². The molecule has 1 rings (SSSR count). The molecular weight excluding hydrogens is 536 g/mol. The van der Waals surface area contributed by atoms with E-state index >= 15 is 0 Å². The van der Waals surface area contributed by atoms with Crippen LogP contribution in [0.5, 0.6) is 0 Å². The molecule has 0 aromatic carbocycles. The van der Waals surface area contributed by atoms with Crippen LogP contribution in [0, 0.1) is 11.8 Å². The highest BCUT2D eigenvalue weighted by atomic mass is 16.6. The Morgan fingerprint density at radius 2 is 1.10 bits per heavy atom. The Hall–Kier alpha value is -2.22. The number of imide groups is 1. The number of Topliss-reactive ketones (excluding diaryl/α,β-unsaturated/α-hetero) is 1. The number of carbonyl (C=O) groups is 4. The molecule has 0 fully saturated rings. The van der Waals surface area contributed by atoms with Crippen molar-refractivity contribution >= 4 is 23.5 Å². The summed E-state index contributed by atoms with van der Waals surface area (Å²) in [5.74, 6) is -0.121. The molecule has 0 unspecified atom stereocenters. The number of nitrogens with zero attached hydrogens (tertiary/aromatic N) is 1. The van der Waals surface area contributed by atoms with Gasteiger partial charge in [-0.2, -0.15) is 0 Å². The monoisotopic (exact) mass is 586 g/mol. The molecule has 12 nitrogen and oxygen atoms in total. The van der Waals surface area contributed by atoms with Crippen molar-refractivity contribution in [1.82, 2.24) is 10.2 Å². The first-order valence-corrected chi connectivity index (χ1v) is 14.4. The standard InChI is InChI=1S/C29H50N2O10/c1-23(2)24(3)22-25(32)29(4,5)30-26(33)8-10-36-12-14-38-16-18-40-20-21-41-19-17-39-15-13-37-11-9-31-27(34)6-7-28(31)35/h6-7,23-24H,8-22H2,1-5H3,(H,30,33)/t24-/m0/s1. The fourth-order valence-corrected chi connectivity index (χ4v) is 3.44. The highest BCUT2D eigenvalue weighted by Crippen LogP contribution is 2.18. The third-order valence-electron chi connectivity index (χ3n) is 6.49.